The molecule has 0 unspecified atom stereocenters. The van der Waals surface area contributed by atoms with Crippen molar-refractivity contribution < 1.29 is 4.79 Å². The van der Waals surface area contributed by atoms with Crippen LogP contribution in [0.15, 0.2) is 48.8 Å². The molecule has 1 aliphatic rings. The van der Waals surface area contributed by atoms with Crippen molar-refractivity contribution >= 4 is 23.3 Å². The molecule has 4 N–H and O–H groups in total. The zero-order valence-electron chi connectivity index (χ0n) is 17.2. The van der Waals surface area contributed by atoms with Gasteiger partial charge in [-0.25, -0.2) is 9.97 Å². The number of rotatable bonds is 5. The monoisotopic (exact) mass is 416 g/mol. The number of carbonyl (C=O) groups is 1. The number of anilines is 2. The van der Waals surface area contributed by atoms with Gasteiger partial charge in [-0.05, 0) is 45.0 Å². The maximum Gasteiger partial charge on any atom is 0.251 e. The van der Waals surface area contributed by atoms with Gasteiger partial charge >= 0.3 is 0 Å². The van der Waals surface area contributed by atoms with E-state index in [9.17, 15) is 4.79 Å². The lowest BCUT2D eigenvalue weighted by Gasteiger charge is -2.23. The molecule has 9 heteroatoms. The lowest BCUT2D eigenvalue weighted by atomic mass is 10.0. The molecule has 4 aromatic rings. The summed E-state index contributed by atoms with van der Waals surface area (Å²) >= 11 is 0. The van der Waals surface area contributed by atoms with Crippen molar-refractivity contribution in [2.45, 2.75) is 25.8 Å². The number of hydrogen-bond donors (Lipinski definition) is 4. The SMILES string of the molecule is Cc1cc(Nc2nc(-c3cccc(C(=O)NC4CCNCC4)c3)cc3nccn23)n[nH]1. The van der Waals surface area contributed by atoms with E-state index >= 15 is 0 Å². The second-order valence-electron chi connectivity index (χ2n) is 7.76. The topological polar surface area (TPSA) is 112 Å². The molecule has 9 nitrogen and oxygen atoms in total. The van der Waals surface area contributed by atoms with Gasteiger partial charge in [-0.15, -0.1) is 0 Å². The van der Waals surface area contributed by atoms with Crippen molar-refractivity contribution in [3.05, 3.63) is 60.0 Å². The number of fused-ring (bicyclic) bond motifs is 1. The standard InChI is InChI=1S/C22H24N8O/c1-14-11-19(29-28-14)27-22-26-18(13-20-24-9-10-30(20)22)15-3-2-4-16(12-15)21(31)25-17-5-7-23-8-6-17/h2-4,9-13,17,23H,5-8H2,1H3,(H,25,31)(H2,26,27,28,29). The molecule has 1 aromatic carbocycles. The molecule has 1 amide bonds. The third-order valence-electron chi connectivity index (χ3n) is 5.43. The molecular formula is C22H24N8O. The summed E-state index contributed by atoms with van der Waals surface area (Å²) in [7, 11) is 0. The van der Waals surface area contributed by atoms with E-state index < -0.39 is 0 Å². The van der Waals surface area contributed by atoms with Crippen molar-refractivity contribution in [1.29, 1.82) is 0 Å². The Morgan fingerprint density at radius 1 is 1.19 bits per heavy atom. The Kier molecular flexibility index (Phi) is 5.09. The highest BCUT2D eigenvalue weighted by atomic mass is 16.1. The first-order chi connectivity index (χ1) is 15.2. The van der Waals surface area contributed by atoms with Crippen LogP contribution in [0.4, 0.5) is 11.8 Å². The molecule has 0 radical (unpaired) electrons. The second-order valence-corrected chi connectivity index (χ2v) is 7.76. The van der Waals surface area contributed by atoms with E-state index in [-0.39, 0.29) is 11.9 Å². The Labute approximate surface area is 179 Å². The van der Waals surface area contributed by atoms with Crippen molar-refractivity contribution in [3.8, 4) is 11.3 Å². The number of imidazole rings is 1. The minimum Gasteiger partial charge on any atom is -0.349 e. The molecule has 0 bridgehead atoms. The predicted molar refractivity (Wildman–Crippen MR) is 118 cm³/mol. The Hall–Kier alpha value is -3.72. The molecule has 0 aliphatic carbocycles. The van der Waals surface area contributed by atoms with Gasteiger partial charge in [0, 0.05) is 47.4 Å². The van der Waals surface area contributed by atoms with Gasteiger partial charge in [0.15, 0.2) is 5.82 Å². The molecule has 5 rings (SSSR count). The van der Waals surface area contributed by atoms with E-state index in [1.165, 1.54) is 0 Å². The summed E-state index contributed by atoms with van der Waals surface area (Å²) in [4.78, 5) is 22.0. The Morgan fingerprint density at radius 3 is 2.87 bits per heavy atom. The number of aromatic amines is 1. The largest absolute Gasteiger partial charge is 0.349 e. The molecule has 1 aliphatic heterocycles. The van der Waals surface area contributed by atoms with Crippen LogP contribution in [0.2, 0.25) is 0 Å². The highest BCUT2D eigenvalue weighted by Gasteiger charge is 2.17. The molecule has 1 fully saturated rings. The van der Waals surface area contributed by atoms with Gasteiger partial charge in [0.1, 0.15) is 5.65 Å². The van der Waals surface area contributed by atoms with Gasteiger partial charge in [-0.2, -0.15) is 5.10 Å². The van der Waals surface area contributed by atoms with Crippen molar-refractivity contribution in [1.82, 2.24) is 35.2 Å². The number of amides is 1. The zero-order valence-corrected chi connectivity index (χ0v) is 17.2. The fraction of sp³-hybridized carbons (Fsp3) is 0.273. The third kappa shape index (κ3) is 4.13. The molecule has 4 heterocycles. The van der Waals surface area contributed by atoms with Gasteiger partial charge < -0.3 is 16.0 Å². The summed E-state index contributed by atoms with van der Waals surface area (Å²) in [6, 6.07) is 11.6. The first-order valence-electron chi connectivity index (χ1n) is 10.4. The van der Waals surface area contributed by atoms with Gasteiger partial charge in [0.05, 0.1) is 5.69 Å². The van der Waals surface area contributed by atoms with Crippen LogP contribution < -0.4 is 16.0 Å². The number of H-pyrrole nitrogens is 1. The van der Waals surface area contributed by atoms with Gasteiger partial charge in [-0.3, -0.25) is 14.3 Å². The highest BCUT2D eigenvalue weighted by Crippen LogP contribution is 2.24. The normalized spacial score (nSPS) is 14.6. The number of carbonyl (C=O) groups excluding carboxylic acids is 1. The van der Waals surface area contributed by atoms with E-state index in [4.69, 9.17) is 4.98 Å². The highest BCUT2D eigenvalue weighted by molar-refractivity contribution is 5.95. The summed E-state index contributed by atoms with van der Waals surface area (Å²) < 4.78 is 1.86. The summed E-state index contributed by atoms with van der Waals surface area (Å²) in [6.45, 7) is 3.81. The summed E-state index contributed by atoms with van der Waals surface area (Å²) in [5.41, 5.74) is 3.91. The average Bonchev–Trinajstić information content (AvgIpc) is 3.43. The van der Waals surface area contributed by atoms with Crippen molar-refractivity contribution in [2.24, 2.45) is 0 Å². The van der Waals surface area contributed by atoms with Crippen molar-refractivity contribution in [3.63, 3.8) is 0 Å². The lowest BCUT2D eigenvalue weighted by Crippen LogP contribution is -2.42. The minimum atomic E-state index is -0.0546. The zero-order chi connectivity index (χ0) is 21.2. The lowest BCUT2D eigenvalue weighted by molar-refractivity contribution is 0.0929. The van der Waals surface area contributed by atoms with Crippen LogP contribution in [0.3, 0.4) is 0 Å². The van der Waals surface area contributed by atoms with Crippen LogP contribution in [0.5, 0.6) is 0 Å². The average molecular weight is 416 g/mol. The van der Waals surface area contributed by atoms with Crippen LogP contribution in [0, 0.1) is 6.92 Å². The van der Waals surface area contributed by atoms with E-state index in [0.29, 0.717) is 17.3 Å². The number of aryl methyl sites for hydroxylation is 1. The maximum absolute atomic E-state index is 12.8. The van der Waals surface area contributed by atoms with Crippen LogP contribution in [0.25, 0.3) is 16.9 Å². The fourth-order valence-corrected chi connectivity index (χ4v) is 3.81. The second kappa shape index (κ2) is 8.19. The van der Waals surface area contributed by atoms with E-state index in [2.05, 4.69) is 31.1 Å². The van der Waals surface area contributed by atoms with Crippen LogP contribution >= 0.6 is 0 Å². The molecule has 0 saturated carbocycles. The van der Waals surface area contributed by atoms with E-state index in [0.717, 1.165) is 48.5 Å². The molecule has 0 atom stereocenters. The molecule has 0 spiro atoms. The number of piperidine rings is 1. The number of nitrogens with one attached hydrogen (secondary N) is 4. The Balaban J connectivity index is 1.45. The van der Waals surface area contributed by atoms with Gasteiger partial charge in [-0.1, -0.05) is 12.1 Å². The third-order valence-corrected chi connectivity index (χ3v) is 5.43. The summed E-state index contributed by atoms with van der Waals surface area (Å²) in [6.07, 6.45) is 5.47. The van der Waals surface area contributed by atoms with Gasteiger partial charge in [0.2, 0.25) is 5.95 Å². The molecule has 1 saturated heterocycles. The van der Waals surface area contributed by atoms with E-state index in [1.807, 2.05) is 53.9 Å². The summed E-state index contributed by atoms with van der Waals surface area (Å²) in [5.74, 6) is 1.22. The first kappa shape index (κ1) is 19.3. The van der Waals surface area contributed by atoms with Crippen LogP contribution in [0.1, 0.15) is 28.9 Å². The van der Waals surface area contributed by atoms with Crippen LogP contribution in [-0.2, 0) is 0 Å². The maximum atomic E-state index is 12.8. The minimum absolute atomic E-state index is 0.0546. The number of aromatic nitrogens is 5. The predicted octanol–water partition coefficient (Wildman–Crippen LogP) is 2.65. The Bertz CT molecular complexity index is 1220. The first-order valence-corrected chi connectivity index (χ1v) is 10.4. The number of hydrogen-bond acceptors (Lipinski definition) is 6. The quantitative estimate of drug-likeness (QED) is 0.398. The smallest absolute Gasteiger partial charge is 0.251 e. The van der Waals surface area contributed by atoms with Gasteiger partial charge in [0.25, 0.3) is 5.91 Å². The summed E-state index contributed by atoms with van der Waals surface area (Å²) in [5, 5.41) is 16.8. The van der Waals surface area contributed by atoms with Crippen LogP contribution in [-0.4, -0.2) is 49.6 Å². The Morgan fingerprint density at radius 2 is 2.06 bits per heavy atom. The molecule has 158 valence electrons. The van der Waals surface area contributed by atoms with Crippen molar-refractivity contribution in [2.75, 3.05) is 18.4 Å². The molecule has 31 heavy (non-hydrogen) atoms. The van der Waals surface area contributed by atoms with E-state index in [1.54, 1.807) is 6.20 Å². The fourth-order valence-electron chi connectivity index (χ4n) is 3.81. The number of nitrogens with zero attached hydrogens (tertiary/aromatic N) is 4. The molecule has 3 aromatic heterocycles. The molecular weight excluding hydrogens is 392 g/mol. The number of benzene rings is 1.